The normalized spacial score (nSPS) is 10.1. The van der Waals surface area contributed by atoms with Gasteiger partial charge >= 0.3 is 0 Å². The largest absolute Gasteiger partial charge is 0.495 e. The number of halogens is 1. The quantitative estimate of drug-likeness (QED) is 0.936. The lowest BCUT2D eigenvalue weighted by Crippen LogP contribution is -2.13. The Balaban J connectivity index is 2.20. The van der Waals surface area contributed by atoms with Gasteiger partial charge < -0.3 is 10.1 Å². The number of carbonyl (C=O) groups is 1. The number of hydrogen-bond donors (Lipinski definition) is 1. The molecule has 1 N–H and O–H groups in total. The Morgan fingerprint density at radius 2 is 2.16 bits per heavy atom. The van der Waals surface area contributed by atoms with Gasteiger partial charge in [0.1, 0.15) is 5.75 Å². The van der Waals surface area contributed by atoms with E-state index < -0.39 is 0 Å². The molecular formula is C14H13ClN2O2. The van der Waals surface area contributed by atoms with Crippen molar-refractivity contribution in [2.24, 2.45) is 0 Å². The van der Waals surface area contributed by atoms with E-state index in [1.165, 1.54) is 0 Å². The summed E-state index contributed by atoms with van der Waals surface area (Å²) in [4.78, 5) is 16.2. The van der Waals surface area contributed by atoms with Crippen molar-refractivity contribution in [3.63, 3.8) is 0 Å². The number of nitrogens with one attached hydrogen (secondary N) is 1. The van der Waals surface area contributed by atoms with Crippen molar-refractivity contribution < 1.29 is 9.53 Å². The molecule has 0 saturated carbocycles. The smallest absolute Gasteiger partial charge is 0.257 e. The Morgan fingerprint density at radius 1 is 1.37 bits per heavy atom. The fourth-order valence-corrected chi connectivity index (χ4v) is 1.92. The molecule has 19 heavy (non-hydrogen) atoms. The predicted octanol–water partition coefficient (Wildman–Crippen LogP) is 3.30. The SMILES string of the molecule is COc1ccc(NC(=O)c2cccnc2C)cc1Cl. The van der Waals surface area contributed by atoms with E-state index in [1.807, 2.05) is 0 Å². The number of methoxy groups -OCH3 is 1. The van der Waals surface area contributed by atoms with Crippen LogP contribution in [0.3, 0.4) is 0 Å². The monoisotopic (exact) mass is 276 g/mol. The van der Waals surface area contributed by atoms with Gasteiger partial charge in [0.2, 0.25) is 0 Å². The molecule has 0 aliphatic carbocycles. The van der Waals surface area contributed by atoms with Gasteiger partial charge in [0.15, 0.2) is 0 Å². The Morgan fingerprint density at radius 3 is 2.79 bits per heavy atom. The fraction of sp³-hybridized carbons (Fsp3) is 0.143. The van der Waals surface area contributed by atoms with Gasteiger partial charge in [-0.1, -0.05) is 11.6 Å². The summed E-state index contributed by atoms with van der Waals surface area (Å²) in [6, 6.07) is 8.53. The maximum atomic E-state index is 12.1. The van der Waals surface area contributed by atoms with Crippen LogP contribution in [-0.4, -0.2) is 18.0 Å². The molecule has 1 heterocycles. The second kappa shape index (κ2) is 5.71. The van der Waals surface area contributed by atoms with Gasteiger partial charge in [-0.2, -0.15) is 0 Å². The average molecular weight is 277 g/mol. The summed E-state index contributed by atoms with van der Waals surface area (Å²) in [5.74, 6) is 0.351. The Labute approximate surface area is 116 Å². The van der Waals surface area contributed by atoms with Crippen molar-refractivity contribution in [2.45, 2.75) is 6.92 Å². The highest BCUT2D eigenvalue weighted by Crippen LogP contribution is 2.27. The summed E-state index contributed by atoms with van der Waals surface area (Å²) in [6.07, 6.45) is 1.65. The number of carbonyl (C=O) groups excluding carboxylic acids is 1. The van der Waals surface area contributed by atoms with E-state index in [2.05, 4.69) is 10.3 Å². The number of benzene rings is 1. The van der Waals surface area contributed by atoms with Gasteiger partial charge in [-0.25, -0.2) is 0 Å². The number of anilines is 1. The first kappa shape index (κ1) is 13.4. The first-order chi connectivity index (χ1) is 9.11. The zero-order chi connectivity index (χ0) is 13.8. The number of hydrogen-bond acceptors (Lipinski definition) is 3. The van der Waals surface area contributed by atoms with E-state index in [9.17, 15) is 4.79 Å². The molecule has 2 aromatic rings. The Kier molecular flexibility index (Phi) is 4.02. The number of ether oxygens (including phenoxy) is 1. The van der Waals surface area contributed by atoms with E-state index in [0.717, 1.165) is 0 Å². The molecule has 4 nitrogen and oxygen atoms in total. The van der Waals surface area contributed by atoms with E-state index in [0.29, 0.717) is 27.7 Å². The molecule has 98 valence electrons. The van der Waals surface area contributed by atoms with Crippen LogP contribution >= 0.6 is 11.6 Å². The van der Waals surface area contributed by atoms with Crippen molar-refractivity contribution in [3.8, 4) is 5.75 Å². The van der Waals surface area contributed by atoms with E-state index in [-0.39, 0.29) is 5.91 Å². The van der Waals surface area contributed by atoms with Gasteiger partial charge in [0, 0.05) is 17.6 Å². The predicted molar refractivity (Wildman–Crippen MR) is 74.9 cm³/mol. The van der Waals surface area contributed by atoms with Gasteiger partial charge in [-0.15, -0.1) is 0 Å². The van der Waals surface area contributed by atoms with Crippen LogP contribution in [0.4, 0.5) is 5.69 Å². The number of nitrogens with zero attached hydrogens (tertiary/aromatic N) is 1. The first-order valence-corrected chi connectivity index (χ1v) is 6.06. The molecule has 1 aromatic carbocycles. The van der Waals surface area contributed by atoms with Crippen molar-refractivity contribution in [2.75, 3.05) is 12.4 Å². The molecule has 0 unspecified atom stereocenters. The molecule has 1 aromatic heterocycles. The Hall–Kier alpha value is -2.07. The third kappa shape index (κ3) is 3.03. The zero-order valence-electron chi connectivity index (χ0n) is 10.6. The van der Waals surface area contributed by atoms with Crippen LogP contribution in [0.5, 0.6) is 5.75 Å². The second-order valence-electron chi connectivity index (χ2n) is 3.94. The second-order valence-corrected chi connectivity index (χ2v) is 4.35. The number of pyridine rings is 1. The summed E-state index contributed by atoms with van der Waals surface area (Å²) in [5, 5.41) is 3.22. The lowest BCUT2D eigenvalue weighted by molar-refractivity contribution is 0.102. The molecular weight excluding hydrogens is 264 g/mol. The Bertz CT molecular complexity index is 614. The van der Waals surface area contributed by atoms with Gasteiger partial charge in [0.25, 0.3) is 5.91 Å². The molecule has 0 spiro atoms. The highest BCUT2D eigenvalue weighted by molar-refractivity contribution is 6.32. The van der Waals surface area contributed by atoms with E-state index in [1.54, 1.807) is 50.6 Å². The van der Waals surface area contributed by atoms with Crippen molar-refractivity contribution in [1.29, 1.82) is 0 Å². The number of rotatable bonds is 3. The van der Waals surface area contributed by atoms with Crippen LogP contribution in [0.1, 0.15) is 16.1 Å². The highest BCUT2D eigenvalue weighted by atomic mass is 35.5. The van der Waals surface area contributed by atoms with Crippen molar-refractivity contribution in [1.82, 2.24) is 4.98 Å². The molecule has 0 atom stereocenters. The summed E-state index contributed by atoms with van der Waals surface area (Å²) in [5.41, 5.74) is 1.83. The summed E-state index contributed by atoms with van der Waals surface area (Å²) in [6.45, 7) is 1.79. The van der Waals surface area contributed by atoms with Crippen LogP contribution in [0.25, 0.3) is 0 Å². The standard InChI is InChI=1S/C14H13ClN2O2/c1-9-11(4-3-7-16-9)14(18)17-10-5-6-13(19-2)12(15)8-10/h3-8H,1-2H3,(H,17,18). The maximum absolute atomic E-state index is 12.1. The molecule has 0 radical (unpaired) electrons. The molecule has 0 fully saturated rings. The summed E-state index contributed by atoms with van der Waals surface area (Å²) < 4.78 is 5.05. The maximum Gasteiger partial charge on any atom is 0.257 e. The minimum absolute atomic E-state index is 0.216. The lowest BCUT2D eigenvalue weighted by atomic mass is 10.2. The van der Waals surface area contributed by atoms with Gasteiger partial charge in [-0.3, -0.25) is 9.78 Å². The third-order valence-electron chi connectivity index (χ3n) is 2.66. The molecule has 1 amide bonds. The summed E-state index contributed by atoms with van der Waals surface area (Å²) >= 11 is 6.00. The van der Waals surface area contributed by atoms with Crippen LogP contribution < -0.4 is 10.1 Å². The van der Waals surface area contributed by atoms with Crippen LogP contribution in [0, 0.1) is 6.92 Å². The first-order valence-electron chi connectivity index (χ1n) is 5.68. The highest BCUT2D eigenvalue weighted by Gasteiger charge is 2.10. The van der Waals surface area contributed by atoms with Gasteiger partial charge in [-0.05, 0) is 37.3 Å². The topological polar surface area (TPSA) is 51.2 Å². The van der Waals surface area contributed by atoms with E-state index in [4.69, 9.17) is 16.3 Å². The van der Waals surface area contributed by atoms with E-state index >= 15 is 0 Å². The minimum Gasteiger partial charge on any atom is -0.495 e. The van der Waals surface area contributed by atoms with Crippen molar-refractivity contribution in [3.05, 3.63) is 52.8 Å². The van der Waals surface area contributed by atoms with Crippen LogP contribution in [0.2, 0.25) is 5.02 Å². The minimum atomic E-state index is -0.216. The van der Waals surface area contributed by atoms with Crippen molar-refractivity contribution >= 4 is 23.2 Å². The molecule has 2 rings (SSSR count). The van der Waals surface area contributed by atoms with Crippen LogP contribution in [-0.2, 0) is 0 Å². The average Bonchev–Trinajstić information content (AvgIpc) is 2.39. The molecule has 5 heteroatoms. The third-order valence-corrected chi connectivity index (χ3v) is 2.96. The number of amides is 1. The fourth-order valence-electron chi connectivity index (χ4n) is 1.67. The number of aromatic nitrogens is 1. The molecule has 0 bridgehead atoms. The molecule has 0 aliphatic rings. The summed E-state index contributed by atoms with van der Waals surface area (Å²) in [7, 11) is 1.54. The lowest BCUT2D eigenvalue weighted by Gasteiger charge is -2.09. The zero-order valence-corrected chi connectivity index (χ0v) is 11.4. The van der Waals surface area contributed by atoms with Crippen LogP contribution in [0.15, 0.2) is 36.5 Å². The van der Waals surface area contributed by atoms with Gasteiger partial charge in [0.05, 0.1) is 17.7 Å². The molecule has 0 aliphatic heterocycles. The molecule has 0 saturated heterocycles. The number of aryl methyl sites for hydroxylation is 1.